The maximum atomic E-state index is 12.4. The summed E-state index contributed by atoms with van der Waals surface area (Å²) in [6.07, 6.45) is 2.07. The highest BCUT2D eigenvalue weighted by atomic mass is 79.9. The van der Waals surface area contributed by atoms with Gasteiger partial charge in [-0.1, -0.05) is 15.9 Å². The Balaban J connectivity index is 2.17. The minimum atomic E-state index is -0.535. The molecular formula is C15H20Br2NO3+. The van der Waals surface area contributed by atoms with Crippen molar-refractivity contribution in [3.05, 3.63) is 26.6 Å². The van der Waals surface area contributed by atoms with Gasteiger partial charge in [-0.15, -0.1) is 0 Å². The van der Waals surface area contributed by atoms with Gasteiger partial charge in [0.15, 0.2) is 0 Å². The third-order valence-electron chi connectivity index (χ3n) is 4.03. The molecule has 0 aromatic heterocycles. The predicted molar refractivity (Wildman–Crippen MR) is 87.4 cm³/mol. The quantitative estimate of drug-likeness (QED) is 0.737. The lowest BCUT2D eigenvalue weighted by Gasteiger charge is -2.35. The van der Waals surface area contributed by atoms with E-state index >= 15 is 0 Å². The van der Waals surface area contributed by atoms with Gasteiger partial charge in [0.25, 0.3) is 0 Å². The van der Waals surface area contributed by atoms with Crippen molar-refractivity contribution in [2.24, 2.45) is 5.92 Å². The molecule has 0 atom stereocenters. The summed E-state index contributed by atoms with van der Waals surface area (Å²) < 4.78 is 6.88. The van der Waals surface area contributed by atoms with E-state index in [2.05, 4.69) is 37.2 Å². The van der Waals surface area contributed by atoms with E-state index in [1.807, 2.05) is 13.8 Å². The van der Waals surface area contributed by atoms with Crippen LogP contribution in [0.15, 0.2) is 21.1 Å². The molecule has 1 aliphatic heterocycles. The van der Waals surface area contributed by atoms with Gasteiger partial charge >= 0.3 is 5.97 Å². The van der Waals surface area contributed by atoms with Gasteiger partial charge in [-0.25, -0.2) is 4.79 Å². The van der Waals surface area contributed by atoms with Gasteiger partial charge in [-0.3, -0.25) is 0 Å². The van der Waals surface area contributed by atoms with Crippen molar-refractivity contribution in [1.82, 2.24) is 0 Å². The number of carbonyl (C=O) groups excluding carboxylic acids is 1. The molecule has 0 unspecified atom stereocenters. The monoisotopic (exact) mass is 420 g/mol. The molecule has 1 aliphatic rings. The maximum absolute atomic E-state index is 12.4. The fourth-order valence-corrected chi connectivity index (χ4v) is 3.95. The van der Waals surface area contributed by atoms with E-state index in [1.165, 1.54) is 0 Å². The van der Waals surface area contributed by atoms with Crippen LogP contribution in [-0.2, 0) is 4.74 Å². The Bertz CT molecular complexity index is 540. The molecule has 116 valence electrons. The zero-order chi connectivity index (χ0) is 15.6. The molecule has 0 bridgehead atoms. The summed E-state index contributed by atoms with van der Waals surface area (Å²) >= 11 is 6.55. The molecule has 0 saturated carbocycles. The topological polar surface area (TPSA) is 63.1 Å². The number of benzene rings is 1. The highest BCUT2D eigenvalue weighted by Crippen LogP contribution is 2.34. The molecule has 2 rings (SSSR count). The number of piperidine rings is 1. The number of quaternary nitrogens is 1. The van der Waals surface area contributed by atoms with Crippen molar-refractivity contribution in [2.75, 3.05) is 13.1 Å². The van der Waals surface area contributed by atoms with Gasteiger partial charge in [-0.2, -0.15) is 0 Å². The number of nitrogens with two attached hydrogens (primary N) is 1. The Kier molecular flexibility index (Phi) is 5.33. The number of rotatable bonds is 3. The zero-order valence-corrected chi connectivity index (χ0v) is 15.3. The number of carbonyl (C=O) groups is 1. The Hall–Kier alpha value is -0.590. The highest BCUT2D eigenvalue weighted by molar-refractivity contribution is 9.11. The summed E-state index contributed by atoms with van der Waals surface area (Å²) in [4.78, 5) is 12.4. The minimum Gasteiger partial charge on any atom is -0.506 e. The smallest absolute Gasteiger partial charge is 0.342 e. The number of halogens is 2. The van der Waals surface area contributed by atoms with E-state index in [9.17, 15) is 9.90 Å². The van der Waals surface area contributed by atoms with Crippen LogP contribution in [0.1, 0.15) is 37.0 Å². The van der Waals surface area contributed by atoms with Crippen molar-refractivity contribution in [2.45, 2.75) is 32.3 Å². The third-order valence-corrected chi connectivity index (χ3v) is 5.09. The minimum absolute atomic E-state index is 0.0871. The second-order valence-corrected chi connectivity index (χ2v) is 7.69. The van der Waals surface area contributed by atoms with Crippen LogP contribution in [0.2, 0.25) is 0 Å². The van der Waals surface area contributed by atoms with Crippen LogP contribution in [0, 0.1) is 5.92 Å². The lowest BCUT2D eigenvalue weighted by atomic mass is 9.83. The van der Waals surface area contributed by atoms with Crippen LogP contribution in [-0.4, -0.2) is 29.8 Å². The first-order chi connectivity index (χ1) is 9.81. The molecule has 0 radical (unpaired) electrons. The van der Waals surface area contributed by atoms with Gasteiger partial charge in [-0.05, 0) is 41.9 Å². The van der Waals surface area contributed by atoms with Crippen LogP contribution < -0.4 is 5.32 Å². The van der Waals surface area contributed by atoms with Gasteiger partial charge in [0.1, 0.15) is 16.9 Å². The molecule has 1 fully saturated rings. The number of esters is 1. The number of ether oxygens (including phenoxy) is 1. The number of aromatic hydroxyl groups is 1. The number of phenols is 1. The largest absolute Gasteiger partial charge is 0.506 e. The molecule has 1 saturated heterocycles. The summed E-state index contributed by atoms with van der Waals surface area (Å²) in [6, 6.07) is 3.27. The van der Waals surface area contributed by atoms with E-state index in [0.29, 0.717) is 14.9 Å². The Morgan fingerprint density at radius 2 is 1.95 bits per heavy atom. The van der Waals surface area contributed by atoms with Crippen molar-refractivity contribution in [3.8, 4) is 5.75 Å². The second-order valence-electron chi connectivity index (χ2n) is 5.92. The highest BCUT2D eigenvalue weighted by Gasteiger charge is 2.36. The lowest BCUT2D eigenvalue weighted by molar-refractivity contribution is -0.665. The summed E-state index contributed by atoms with van der Waals surface area (Å²) in [7, 11) is 0. The van der Waals surface area contributed by atoms with Crippen molar-refractivity contribution < 1.29 is 20.0 Å². The fourth-order valence-electron chi connectivity index (χ4n) is 2.72. The van der Waals surface area contributed by atoms with Gasteiger partial charge in [0.2, 0.25) is 0 Å². The molecule has 4 nitrogen and oxygen atoms in total. The van der Waals surface area contributed by atoms with E-state index in [0.717, 1.165) is 25.9 Å². The molecule has 21 heavy (non-hydrogen) atoms. The Morgan fingerprint density at radius 1 is 1.33 bits per heavy atom. The van der Waals surface area contributed by atoms with Crippen LogP contribution >= 0.6 is 31.9 Å². The van der Waals surface area contributed by atoms with Crippen LogP contribution in [0.4, 0.5) is 0 Å². The number of hydrogen-bond acceptors (Lipinski definition) is 3. The molecule has 3 N–H and O–H groups in total. The molecule has 6 heteroatoms. The van der Waals surface area contributed by atoms with Crippen LogP contribution in [0.3, 0.4) is 0 Å². The molecule has 0 spiro atoms. The SMILES string of the molecule is CC(C)(OC(=O)c1cc(Br)cc(Br)c1O)C1CC[NH2+]CC1. The van der Waals surface area contributed by atoms with Gasteiger partial charge in [0, 0.05) is 23.2 Å². The fraction of sp³-hybridized carbons (Fsp3) is 0.533. The molecule has 1 aromatic rings. The standard InChI is InChI=1S/C15H19Br2NO3/c1-15(2,9-3-5-18-6-4-9)21-14(20)11-7-10(16)8-12(17)13(11)19/h7-9,18-19H,3-6H2,1-2H3/p+1. The van der Waals surface area contributed by atoms with Crippen molar-refractivity contribution in [3.63, 3.8) is 0 Å². The Morgan fingerprint density at radius 3 is 2.57 bits per heavy atom. The maximum Gasteiger partial charge on any atom is 0.342 e. The summed E-state index contributed by atoms with van der Waals surface area (Å²) in [6.45, 7) is 6.04. The van der Waals surface area contributed by atoms with E-state index in [4.69, 9.17) is 4.74 Å². The molecule has 0 aliphatic carbocycles. The molecule has 1 heterocycles. The van der Waals surface area contributed by atoms with E-state index < -0.39 is 11.6 Å². The van der Waals surface area contributed by atoms with E-state index in [1.54, 1.807) is 12.1 Å². The lowest BCUT2D eigenvalue weighted by Crippen LogP contribution is -2.86. The first-order valence-electron chi connectivity index (χ1n) is 7.04. The van der Waals surface area contributed by atoms with Crippen molar-refractivity contribution in [1.29, 1.82) is 0 Å². The first-order valence-corrected chi connectivity index (χ1v) is 8.63. The summed E-state index contributed by atoms with van der Waals surface area (Å²) in [5.41, 5.74) is -0.362. The van der Waals surface area contributed by atoms with Crippen molar-refractivity contribution >= 4 is 37.8 Å². The second kappa shape index (κ2) is 6.67. The van der Waals surface area contributed by atoms with Crippen LogP contribution in [0.25, 0.3) is 0 Å². The number of phenolic OH excluding ortho intramolecular Hbond substituents is 1. The molecular weight excluding hydrogens is 402 g/mol. The number of hydrogen-bond donors (Lipinski definition) is 2. The molecule has 0 amide bonds. The van der Waals surface area contributed by atoms with Gasteiger partial charge < -0.3 is 15.2 Å². The summed E-state index contributed by atoms with van der Waals surface area (Å²) in [5.74, 6) is -0.228. The predicted octanol–water partition coefficient (Wildman–Crippen LogP) is 2.83. The normalized spacial score (nSPS) is 16.8. The van der Waals surface area contributed by atoms with E-state index in [-0.39, 0.29) is 11.3 Å². The molecule has 1 aromatic carbocycles. The average molecular weight is 422 g/mol. The zero-order valence-electron chi connectivity index (χ0n) is 12.2. The third kappa shape index (κ3) is 3.99. The average Bonchev–Trinajstić information content (AvgIpc) is 2.43. The van der Waals surface area contributed by atoms with Crippen LogP contribution in [0.5, 0.6) is 5.75 Å². The summed E-state index contributed by atoms with van der Waals surface area (Å²) in [5, 5.41) is 12.3. The Labute approximate surface area is 141 Å². The van der Waals surface area contributed by atoms with Gasteiger partial charge in [0.05, 0.1) is 17.6 Å². The first kappa shape index (κ1) is 16.8.